The van der Waals surface area contributed by atoms with Gasteiger partial charge in [0.1, 0.15) is 17.7 Å². The van der Waals surface area contributed by atoms with E-state index in [0.717, 1.165) is 12.8 Å². The highest BCUT2D eigenvalue weighted by molar-refractivity contribution is 5.37. The van der Waals surface area contributed by atoms with Crippen molar-refractivity contribution < 1.29 is 13.5 Å². The molecule has 20 heavy (non-hydrogen) atoms. The van der Waals surface area contributed by atoms with Crippen molar-refractivity contribution in [1.82, 2.24) is 5.32 Å². The Kier molecular flexibility index (Phi) is 5.31. The highest BCUT2D eigenvalue weighted by atomic mass is 19.1. The van der Waals surface area contributed by atoms with Gasteiger partial charge in [0.25, 0.3) is 0 Å². The standard InChI is InChI=1S/C15H22F2N2O/c1-10(3-2-6-18)20-15-5-4-11(16)7-13(15)14-8-12(17)9-19-14/h4-5,7,10,12,14,19H,2-3,6,8-9,18H2,1H3/t10-,12+,14-/m1/s1. The number of alkyl halides is 1. The lowest BCUT2D eigenvalue weighted by Crippen LogP contribution is -2.18. The summed E-state index contributed by atoms with van der Waals surface area (Å²) in [5.41, 5.74) is 6.18. The van der Waals surface area contributed by atoms with Crippen LogP contribution in [0.3, 0.4) is 0 Å². The van der Waals surface area contributed by atoms with Crippen molar-refractivity contribution in [2.45, 2.75) is 44.5 Å². The van der Waals surface area contributed by atoms with Crippen molar-refractivity contribution in [2.75, 3.05) is 13.1 Å². The highest BCUT2D eigenvalue weighted by Crippen LogP contribution is 2.33. The molecule has 1 aliphatic heterocycles. The van der Waals surface area contributed by atoms with E-state index in [1.165, 1.54) is 12.1 Å². The van der Waals surface area contributed by atoms with E-state index in [0.29, 0.717) is 30.8 Å². The van der Waals surface area contributed by atoms with Crippen LogP contribution in [0.2, 0.25) is 0 Å². The molecule has 3 nitrogen and oxygen atoms in total. The average molecular weight is 284 g/mol. The summed E-state index contributed by atoms with van der Waals surface area (Å²) < 4.78 is 32.6. The Morgan fingerprint density at radius 3 is 2.95 bits per heavy atom. The second-order valence-electron chi connectivity index (χ2n) is 5.34. The van der Waals surface area contributed by atoms with E-state index in [2.05, 4.69) is 5.32 Å². The number of hydrogen-bond acceptors (Lipinski definition) is 3. The molecule has 0 aromatic heterocycles. The van der Waals surface area contributed by atoms with E-state index in [1.807, 2.05) is 6.92 Å². The predicted molar refractivity (Wildman–Crippen MR) is 75.0 cm³/mol. The molecule has 1 aromatic rings. The number of ether oxygens (including phenoxy) is 1. The second-order valence-corrected chi connectivity index (χ2v) is 5.34. The van der Waals surface area contributed by atoms with Crippen LogP contribution in [-0.2, 0) is 0 Å². The lowest BCUT2D eigenvalue weighted by Gasteiger charge is -2.20. The first kappa shape index (κ1) is 15.2. The maximum atomic E-state index is 13.4. The van der Waals surface area contributed by atoms with E-state index in [9.17, 15) is 8.78 Å². The summed E-state index contributed by atoms with van der Waals surface area (Å²) in [6, 6.07) is 4.24. The Morgan fingerprint density at radius 1 is 1.50 bits per heavy atom. The molecule has 3 atom stereocenters. The molecule has 1 saturated heterocycles. The minimum absolute atomic E-state index is 0.00494. The second kappa shape index (κ2) is 6.99. The van der Waals surface area contributed by atoms with Crippen LogP contribution in [0.25, 0.3) is 0 Å². The topological polar surface area (TPSA) is 47.3 Å². The molecule has 0 amide bonds. The summed E-state index contributed by atoms with van der Waals surface area (Å²) in [5, 5.41) is 3.07. The fourth-order valence-corrected chi connectivity index (χ4v) is 2.51. The molecule has 1 aromatic carbocycles. The van der Waals surface area contributed by atoms with Gasteiger partial charge in [0.2, 0.25) is 0 Å². The maximum Gasteiger partial charge on any atom is 0.124 e. The van der Waals surface area contributed by atoms with Crippen molar-refractivity contribution in [3.63, 3.8) is 0 Å². The summed E-state index contributed by atoms with van der Waals surface area (Å²) in [6.45, 7) is 2.89. The van der Waals surface area contributed by atoms with Crippen LogP contribution >= 0.6 is 0 Å². The third-order valence-electron chi connectivity index (χ3n) is 3.57. The molecule has 1 heterocycles. The summed E-state index contributed by atoms with van der Waals surface area (Å²) >= 11 is 0. The summed E-state index contributed by atoms with van der Waals surface area (Å²) in [4.78, 5) is 0. The van der Waals surface area contributed by atoms with Gasteiger partial charge in [0.15, 0.2) is 0 Å². The number of rotatable bonds is 6. The first-order valence-electron chi connectivity index (χ1n) is 7.13. The van der Waals surface area contributed by atoms with E-state index in [-0.39, 0.29) is 18.0 Å². The molecule has 0 radical (unpaired) electrons. The van der Waals surface area contributed by atoms with Gasteiger partial charge in [-0.15, -0.1) is 0 Å². The zero-order valence-corrected chi connectivity index (χ0v) is 11.7. The largest absolute Gasteiger partial charge is 0.490 e. The number of nitrogens with two attached hydrogens (primary N) is 1. The fourth-order valence-electron chi connectivity index (χ4n) is 2.51. The Morgan fingerprint density at radius 2 is 2.30 bits per heavy atom. The molecule has 0 unspecified atom stereocenters. The molecule has 0 aliphatic carbocycles. The number of nitrogens with one attached hydrogen (secondary N) is 1. The van der Waals surface area contributed by atoms with Gasteiger partial charge >= 0.3 is 0 Å². The van der Waals surface area contributed by atoms with Crippen LogP contribution in [0.5, 0.6) is 5.75 Å². The molecule has 5 heteroatoms. The van der Waals surface area contributed by atoms with E-state index < -0.39 is 6.17 Å². The van der Waals surface area contributed by atoms with Crippen LogP contribution in [0.1, 0.15) is 37.8 Å². The van der Waals surface area contributed by atoms with Crippen LogP contribution in [0.4, 0.5) is 8.78 Å². The highest BCUT2D eigenvalue weighted by Gasteiger charge is 2.27. The molecule has 3 N–H and O–H groups in total. The van der Waals surface area contributed by atoms with Gasteiger partial charge in [-0.2, -0.15) is 0 Å². The third-order valence-corrected chi connectivity index (χ3v) is 3.57. The summed E-state index contributed by atoms with van der Waals surface area (Å²) in [6.07, 6.45) is 1.20. The molecule has 0 saturated carbocycles. The number of hydrogen-bond donors (Lipinski definition) is 2. The van der Waals surface area contributed by atoms with Crippen LogP contribution < -0.4 is 15.8 Å². The van der Waals surface area contributed by atoms with Gasteiger partial charge in [0.05, 0.1) is 6.10 Å². The smallest absolute Gasteiger partial charge is 0.124 e. The minimum Gasteiger partial charge on any atom is -0.490 e. The van der Waals surface area contributed by atoms with Crippen molar-refractivity contribution in [3.8, 4) is 5.75 Å². The summed E-state index contributed by atoms with van der Waals surface area (Å²) in [5.74, 6) is 0.300. The van der Waals surface area contributed by atoms with Gasteiger partial charge in [-0.1, -0.05) is 0 Å². The molecular weight excluding hydrogens is 262 g/mol. The average Bonchev–Trinajstić information content (AvgIpc) is 2.85. The Hall–Kier alpha value is -1.20. The lowest BCUT2D eigenvalue weighted by atomic mass is 10.0. The molecule has 2 rings (SSSR count). The van der Waals surface area contributed by atoms with Gasteiger partial charge in [0, 0.05) is 18.2 Å². The third kappa shape index (κ3) is 3.90. The zero-order valence-electron chi connectivity index (χ0n) is 11.7. The van der Waals surface area contributed by atoms with Gasteiger partial charge in [-0.25, -0.2) is 8.78 Å². The van der Waals surface area contributed by atoms with Crippen molar-refractivity contribution in [2.24, 2.45) is 5.73 Å². The van der Waals surface area contributed by atoms with Gasteiger partial charge in [-0.05, 0) is 50.9 Å². The van der Waals surface area contributed by atoms with Gasteiger partial charge in [-0.3, -0.25) is 0 Å². The molecule has 0 bridgehead atoms. The van der Waals surface area contributed by atoms with Crippen LogP contribution in [-0.4, -0.2) is 25.4 Å². The Balaban J connectivity index is 2.11. The van der Waals surface area contributed by atoms with Crippen molar-refractivity contribution in [1.29, 1.82) is 0 Å². The molecule has 112 valence electrons. The Bertz CT molecular complexity index is 442. The maximum absolute atomic E-state index is 13.4. The van der Waals surface area contributed by atoms with E-state index in [4.69, 9.17) is 10.5 Å². The minimum atomic E-state index is -0.884. The molecular formula is C15H22F2N2O. The lowest BCUT2D eigenvalue weighted by molar-refractivity contribution is 0.205. The normalized spacial score (nSPS) is 23.8. The van der Waals surface area contributed by atoms with Crippen molar-refractivity contribution >= 4 is 0 Å². The van der Waals surface area contributed by atoms with E-state index >= 15 is 0 Å². The monoisotopic (exact) mass is 284 g/mol. The molecule has 1 aliphatic rings. The van der Waals surface area contributed by atoms with Crippen molar-refractivity contribution in [3.05, 3.63) is 29.6 Å². The predicted octanol–water partition coefficient (Wildman–Crippen LogP) is 2.70. The zero-order chi connectivity index (χ0) is 14.5. The number of halogens is 2. The SMILES string of the molecule is C[C@H](CCCN)Oc1ccc(F)cc1[C@H]1C[C@H](F)CN1. The first-order chi connectivity index (χ1) is 9.60. The van der Waals surface area contributed by atoms with Gasteiger partial charge < -0.3 is 15.8 Å². The number of benzene rings is 1. The molecule has 0 spiro atoms. The fraction of sp³-hybridized carbons (Fsp3) is 0.600. The first-order valence-corrected chi connectivity index (χ1v) is 7.13. The van der Waals surface area contributed by atoms with Crippen LogP contribution in [0, 0.1) is 5.82 Å². The Labute approximate surface area is 118 Å². The summed E-state index contributed by atoms with van der Waals surface area (Å²) in [7, 11) is 0. The van der Waals surface area contributed by atoms with E-state index in [1.54, 1.807) is 6.07 Å². The van der Waals surface area contributed by atoms with Crippen LogP contribution in [0.15, 0.2) is 18.2 Å². The molecule has 1 fully saturated rings. The quantitative estimate of drug-likeness (QED) is 0.844.